The van der Waals surface area contributed by atoms with E-state index >= 15 is 0 Å². The van der Waals surface area contributed by atoms with Gasteiger partial charge in [-0.05, 0) is 24.1 Å². The van der Waals surface area contributed by atoms with E-state index in [9.17, 15) is 0 Å². The van der Waals surface area contributed by atoms with E-state index in [-0.39, 0.29) is 0 Å². The minimum atomic E-state index is 0.359. The second kappa shape index (κ2) is 7.34. The molecular formula is C16H18Cl2N4O. The van der Waals surface area contributed by atoms with Crippen molar-refractivity contribution in [2.24, 2.45) is 0 Å². The van der Waals surface area contributed by atoms with Crippen LogP contribution in [0.4, 0.5) is 5.82 Å². The molecule has 3 rings (SSSR count). The molecule has 0 spiro atoms. The third kappa shape index (κ3) is 4.25. The summed E-state index contributed by atoms with van der Waals surface area (Å²) in [6.45, 7) is 2.84. The summed E-state index contributed by atoms with van der Waals surface area (Å²) < 4.78 is 5.12. The zero-order chi connectivity index (χ0) is 16.2. The Bertz CT molecular complexity index is 683. The van der Waals surface area contributed by atoms with Crippen LogP contribution in [-0.2, 0) is 6.54 Å². The van der Waals surface area contributed by atoms with Gasteiger partial charge in [-0.25, -0.2) is 9.97 Å². The Labute approximate surface area is 145 Å². The Balaban J connectivity index is 1.56. The van der Waals surface area contributed by atoms with E-state index in [1.54, 1.807) is 7.11 Å². The molecule has 0 saturated carbocycles. The van der Waals surface area contributed by atoms with E-state index in [0.29, 0.717) is 22.0 Å². The number of ether oxygens (including phenoxy) is 1. The Kier molecular flexibility index (Phi) is 5.20. The van der Waals surface area contributed by atoms with E-state index in [2.05, 4.69) is 20.2 Å². The van der Waals surface area contributed by atoms with E-state index < -0.39 is 0 Å². The lowest BCUT2D eigenvalue weighted by Gasteiger charge is -2.17. The van der Waals surface area contributed by atoms with Crippen LogP contribution in [0.1, 0.15) is 12.0 Å². The number of rotatable bonds is 5. The molecule has 5 nitrogen and oxygen atoms in total. The zero-order valence-corrected chi connectivity index (χ0v) is 14.3. The van der Waals surface area contributed by atoms with Gasteiger partial charge in [0.25, 0.3) is 0 Å². The van der Waals surface area contributed by atoms with Crippen LogP contribution in [0.5, 0.6) is 5.88 Å². The molecule has 1 aliphatic rings. The number of aromatic nitrogens is 2. The predicted octanol–water partition coefficient (Wildman–Crippen LogP) is 3.48. The third-order valence-corrected chi connectivity index (χ3v) is 4.60. The largest absolute Gasteiger partial charge is 0.481 e. The van der Waals surface area contributed by atoms with Crippen LogP contribution >= 0.6 is 23.2 Å². The summed E-state index contributed by atoms with van der Waals surface area (Å²) in [4.78, 5) is 10.6. The van der Waals surface area contributed by atoms with Crippen molar-refractivity contribution < 1.29 is 4.74 Å². The maximum atomic E-state index is 6.07. The van der Waals surface area contributed by atoms with Crippen molar-refractivity contribution in [3.63, 3.8) is 0 Å². The minimum Gasteiger partial charge on any atom is -0.481 e. The van der Waals surface area contributed by atoms with E-state index in [0.717, 1.165) is 31.9 Å². The van der Waals surface area contributed by atoms with E-state index in [4.69, 9.17) is 27.9 Å². The molecule has 0 radical (unpaired) electrons. The highest BCUT2D eigenvalue weighted by molar-refractivity contribution is 6.42. The molecule has 1 aromatic carbocycles. The van der Waals surface area contributed by atoms with Crippen LogP contribution in [0.15, 0.2) is 30.6 Å². The summed E-state index contributed by atoms with van der Waals surface area (Å²) in [5.41, 5.74) is 1.17. The van der Waals surface area contributed by atoms with Gasteiger partial charge < -0.3 is 10.1 Å². The molecule has 2 aromatic rings. The molecule has 1 aliphatic heterocycles. The summed E-state index contributed by atoms with van der Waals surface area (Å²) >= 11 is 12.0. The average Bonchev–Trinajstić information content (AvgIpc) is 2.98. The monoisotopic (exact) mass is 352 g/mol. The highest BCUT2D eigenvalue weighted by Crippen LogP contribution is 2.24. The Morgan fingerprint density at radius 2 is 2.13 bits per heavy atom. The van der Waals surface area contributed by atoms with Crippen LogP contribution in [0.2, 0.25) is 10.0 Å². The Hall–Kier alpha value is -1.56. The normalized spacial score (nSPS) is 18.1. The van der Waals surface area contributed by atoms with Crippen LogP contribution in [0.3, 0.4) is 0 Å². The average molecular weight is 353 g/mol. The smallest absolute Gasteiger partial charge is 0.218 e. The van der Waals surface area contributed by atoms with Gasteiger partial charge in [0.1, 0.15) is 12.1 Å². The van der Waals surface area contributed by atoms with Gasteiger partial charge >= 0.3 is 0 Å². The molecule has 122 valence electrons. The first-order valence-corrected chi connectivity index (χ1v) is 8.18. The van der Waals surface area contributed by atoms with Crippen molar-refractivity contribution in [1.29, 1.82) is 0 Å². The maximum absolute atomic E-state index is 6.07. The Morgan fingerprint density at radius 3 is 2.91 bits per heavy atom. The lowest BCUT2D eigenvalue weighted by Crippen LogP contribution is -2.26. The summed E-state index contributed by atoms with van der Waals surface area (Å²) in [5, 5.41) is 4.63. The highest BCUT2D eigenvalue weighted by atomic mass is 35.5. The van der Waals surface area contributed by atoms with Gasteiger partial charge in [0, 0.05) is 31.7 Å². The molecule has 0 amide bonds. The zero-order valence-electron chi connectivity index (χ0n) is 12.8. The summed E-state index contributed by atoms with van der Waals surface area (Å²) in [6, 6.07) is 7.96. The molecule has 1 aromatic heterocycles. The molecule has 0 aliphatic carbocycles. The van der Waals surface area contributed by atoms with Crippen molar-refractivity contribution in [2.75, 3.05) is 25.5 Å². The fourth-order valence-electron chi connectivity index (χ4n) is 2.73. The topological polar surface area (TPSA) is 50.3 Å². The molecule has 1 N–H and O–H groups in total. The first kappa shape index (κ1) is 16.3. The summed E-state index contributed by atoms with van der Waals surface area (Å²) in [6.07, 6.45) is 2.57. The van der Waals surface area contributed by atoms with E-state index in [1.807, 2.05) is 24.3 Å². The number of nitrogens with one attached hydrogen (secondary N) is 1. The standard InChI is InChI=1S/C16H18Cl2N4O/c1-23-16-7-15(19-10-20-16)21-12-4-5-22(9-12)8-11-2-3-13(17)14(18)6-11/h2-3,6-7,10,12H,4-5,8-9H2,1H3,(H,19,20,21). The lowest BCUT2D eigenvalue weighted by atomic mass is 10.2. The van der Waals surface area contributed by atoms with Crippen molar-refractivity contribution in [3.05, 3.63) is 46.2 Å². The number of nitrogens with zero attached hydrogens (tertiary/aromatic N) is 3. The van der Waals surface area contributed by atoms with Crippen molar-refractivity contribution in [2.45, 2.75) is 19.0 Å². The Morgan fingerprint density at radius 1 is 1.26 bits per heavy atom. The molecule has 2 heterocycles. The van der Waals surface area contributed by atoms with Gasteiger partial charge in [0.15, 0.2) is 0 Å². The van der Waals surface area contributed by atoms with Crippen molar-refractivity contribution in [1.82, 2.24) is 14.9 Å². The first-order valence-electron chi connectivity index (χ1n) is 7.43. The van der Waals surface area contributed by atoms with Gasteiger partial charge in [0.2, 0.25) is 5.88 Å². The van der Waals surface area contributed by atoms with Crippen LogP contribution < -0.4 is 10.1 Å². The van der Waals surface area contributed by atoms with Gasteiger partial charge in [-0.2, -0.15) is 0 Å². The number of halogens is 2. The molecule has 0 bridgehead atoms. The fourth-order valence-corrected chi connectivity index (χ4v) is 3.05. The van der Waals surface area contributed by atoms with E-state index in [1.165, 1.54) is 11.9 Å². The number of anilines is 1. The van der Waals surface area contributed by atoms with Crippen LogP contribution in [-0.4, -0.2) is 41.1 Å². The fraction of sp³-hybridized carbons (Fsp3) is 0.375. The van der Waals surface area contributed by atoms with Crippen molar-refractivity contribution >= 4 is 29.0 Å². The molecule has 1 saturated heterocycles. The summed E-state index contributed by atoms with van der Waals surface area (Å²) in [7, 11) is 1.60. The van der Waals surface area contributed by atoms with Gasteiger partial charge in [-0.1, -0.05) is 29.3 Å². The molecule has 1 unspecified atom stereocenters. The highest BCUT2D eigenvalue weighted by Gasteiger charge is 2.22. The molecule has 1 atom stereocenters. The molecular weight excluding hydrogens is 335 g/mol. The third-order valence-electron chi connectivity index (χ3n) is 3.87. The maximum Gasteiger partial charge on any atom is 0.218 e. The number of methoxy groups -OCH3 is 1. The molecule has 23 heavy (non-hydrogen) atoms. The van der Waals surface area contributed by atoms with Crippen molar-refractivity contribution in [3.8, 4) is 5.88 Å². The SMILES string of the molecule is COc1cc(NC2CCN(Cc3ccc(Cl)c(Cl)c3)C2)ncn1. The predicted molar refractivity (Wildman–Crippen MR) is 92.4 cm³/mol. The van der Waals surface area contributed by atoms with Crippen LogP contribution in [0, 0.1) is 0 Å². The first-order chi connectivity index (χ1) is 11.1. The molecule has 1 fully saturated rings. The van der Waals surface area contributed by atoms with Gasteiger partial charge in [-0.15, -0.1) is 0 Å². The minimum absolute atomic E-state index is 0.359. The molecule has 7 heteroatoms. The number of hydrogen-bond acceptors (Lipinski definition) is 5. The number of benzene rings is 1. The number of hydrogen-bond donors (Lipinski definition) is 1. The lowest BCUT2D eigenvalue weighted by molar-refractivity contribution is 0.328. The summed E-state index contributed by atoms with van der Waals surface area (Å²) in [5.74, 6) is 1.35. The quantitative estimate of drug-likeness (QED) is 0.892. The number of likely N-dealkylation sites (tertiary alicyclic amines) is 1. The second-order valence-electron chi connectivity index (χ2n) is 5.56. The second-order valence-corrected chi connectivity index (χ2v) is 6.37. The van der Waals surface area contributed by atoms with Gasteiger partial charge in [-0.3, -0.25) is 4.90 Å². The van der Waals surface area contributed by atoms with Gasteiger partial charge in [0.05, 0.1) is 17.2 Å². The van der Waals surface area contributed by atoms with Crippen LogP contribution in [0.25, 0.3) is 0 Å².